The van der Waals surface area contributed by atoms with E-state index in [1.54, 1.807) is 0 Å². The van der Waals surface area contributed by atoms with Gasteiger partial charge in [0.05, 0.1) is 19.6 Å². The van der Waals surface area contributed by atoms with E-state index >= 15 is 0 Å². The maximum atomic E-state index is 11.9. The molecule has 12 nitrogen and oxygen atoms in total. The molecule has 0 aromatic heterocycles. The minimum Gasteiger partial charge on any atom is -0.481 e. The molecule has 12 heteroatoms. The van der Waals surface area contributed by atoms with Crippen molar-refractivity contribution in [3.63, 3.8) is 0 Å². The van der Waals surface area contributed by atoms with Crippen LogP contribution in [0.1, 0.15) is 13.3 Å². The van der Waals surface area contributed by atoms with Gasteiger partial charge in [0.2, 0.25) is 17.7 Å². The van der Waals surface area contributed by atoms with Gasteiger partial charge in [-0.2, -0.15) is 0 Å². The molecule has 0 saturated heterocycles. The lowest BCUT2D eigenvalue weighted by Crippen LogP contribution is -2.56. The van der Waals surface area contributed by atoms with Crippen molar-refractivity contribution in [2.45, 2.75) is 31.5 Å². The van der Waals surface area contributed by atoms with E-state index in [1.807, 2.05) is 5.32 Å². The highest BCUT2D eigenvalue weighted by Gasteiger charge is 2.29. The van der Waals surface area contributed by atoms with E-state index in [0.29, 0.717) is 0 Å². The van der Waals surface area contributed by atoms with E-state index in [0.717, 1.165) is 0 Å². The maximum absolute atomic E-state index is 11.9. The van der Waals surface area contributed by atoms with Crippen LogP contribution in [0, 0.1) is 0 Å². The number of nitrogens with two attached hydrogens (primary N) is 1. The maximum Gasteiger partial charge on any atom is 0.328 e. The van der Waals surface area contributed by atoms with Crippen LogP contribution >= 0.6 is 0 Å². The van der Waals surface area contributed by atoms with Crippen LogP contribution in [0.15, 0.2) is 0 Å². The SMILES string of the molecule is CC(NC(=O)CN)C(=O)NC(CC(=O)O)C(=O)NC(CO)C(=O)O. The average Bonchev–Trinajstić information content (AvgIpc) is 2.50. The molecule has 8 N–H and O–H groups in total. The first kappa shape index (κ1) is 21.3. The molecule has 136 valence electrons. The number of hydrogen-bond donors (Lipinski definition) is 7. The van der Waals surface area contributed by atoms with Gasteiger partial charge in [-0.25, -0.2) is 4.79 Å². The summed E-state index contributed by atoms with van der Waals surface area (Å²) in [6, 6.07) is -4.35. The van der Waals surface area contributed by atoms with Gasteiger partial charge in [0.15, 0.2) is 0 Å². The fourth-order valence-corrected chi connectivity index (χ4v) is 1.50. The number of carbonyl (C=O) groups excluding carboxylic acids is 3. The minimum atomic E-state index is -1.65. The number of rotatable bonds is 10. The van der Waals surface area contributed by atoms with Crippen LogP contribution in [0.25, 0.3) is 0 Å². The average molecular weight is 348 g/mol. The van der Waals surface area contributed by atoms with Crippen molar-refractivity contribution >= 4 is 29.7 Å². The third-order valence-electron chi connectivity index (χ3n) is 2.77. The van der Waals surface area contributed by atoms with Crippen molar-refractivity contribution in [3.8, 4) is 0 Å². The quantitative estimate of drug-likeness (QED) is 0.205. The topological polar surface area (TPSA) is 208 Å². The number of carboxylic acid groups (broad SMARTS) is 2. The summed E-state index contributed by atoms with van der Waals surface area (Å²) in [5.41, 5.74) is 5.07. The lowest BCUT2D eigenvalue weighted by atomic mass is 10.1. The Morgan fingerprint density at radius 3 is 1.92 bits per heavy atom. The molecule has 0 heterocycles. The summed E-state index contributed by atoms with van der Waals surface area (Å²) in [6.45, 7) is -0.00236. The zero-order valence-corrected chi connectivity index (χ0v) is 12.8. The monoisotopic (exact) mass is 348 g/mol. The number of aliphatic hydroxyl groups is 1. The molecule has 0 saturated carbocycles. The number of nitrogens with one attached hydrogen (secondary N) is 3. The molecule has 0 aliphatic heterocycles. The molecule has 0 spiro atoms. The molecule has 0 aliphatic carbocycles. The lowest BCUT2D eigenvalue weighted by molar-refractivity contribution is -0.144. The zero-order valence-electron chi connectivity index (χ0n) is 12.8. The summed E-state index contributed by atoms with van der Waals surface area (Å²) in [5.74, 6) is -5.57. The van der Waals surface area contributed by atoms with Crippen molar-refractivity contribution in [1.29, 1.82) is 0 Å². The molecular formula is C12H20N4O8. The van der Waals surface area contributed by atoms with E-state index in [2.05, 4.69) is 10.6 Å². The van der Waals surface area contributed by atoms with Crippen molar-refractivity contribution in [2.24, 2.45) is 5.73 Å². The first-order chi connectivity index (χ1) is 11.1. The number of aliphatic hydroxyl groups excluding tert-OH is 1. The Morgan fingerprint density at radius 1 is 0.958 bits per heavy atom. The van der Waals surface area contributed by atoms with Crippen molar-refractivity contribution in [1.82, 2.24) is 16.0 Å². The summed E-state index contributed by atoms with van der Waals surface area (Å²) in [5, 5.41) is 32.6. The van der Waals surface area contributed by atoms with Crippen LogP contribution in [0.5, 0.6) is 0 Å². The molecule has 3 unspecified atom stereocenters. The van der Waals surface area contributed by atoms with Gasteiger partial charge >= 0.3 is 11.9 Å². The Hall–Kier alpha value is -2.73. The normalized spacial score (nSPS) is 14.0. The smallest absolute Gasteiger partial charge is 0.328 e. The first-order valence-corrected chi connectivity index (χ1v) is 6.78. The molecule has 0 aliphatic rings. The van der Waals surface area contributed by atoms with Gasteiger partial charge in [0, 0.05) is 0 Å². The van der Waals surface area contributed by atoms with E-state index < -0.39 is 60.8 Å². The number of carboxylic acids is 2. The van der Waals surface area contributed by atoms with Crippen LogP contribution in [-0.2, 0) is 24.0 Å². The van der Waals surface area contributed by atoms with Gasteiger partial charge in [-0.05, 0) is 6.92 Å². The molecule has 3 amide bonds. The van der Waals surface area contributed by atoms with Gasteiger partial charge in [-0.15, -0.1) is 0 Å². The Labute approximate surface area is 136 Å². The zero-order chi connectivity index (χ0) is 18.9. The van der Waals surface area contributed by atoms with Crippen LogP contribution in [0.3, 0.4) is 0 Å². The first-order valence-electron chi connectivity index (χ1n) is 6.78. The molecule has 3 atom stereocenters. The summed E-state index contributed by atoms with van der Waals surface area (Å²) in [4.78, 5) is 56.4. The fourth-order valence-electron chi connectivity index (χ4n) is 1.50. The second kappa shape index (κ2) is 10.1. The Balaban J connectivity index is 4.96. The molecular weight excluding hydrogens is 328 g/mol. The minimum absolute atomic E-state index is 0.368. The van der Waals surface area contributed by atoms with E-state index in [9.17, 15) is 24.0 Å². The van der Waals surface area contributed by atoms with Crippen LogP contribution in [0.4, 0.5) is 0 Å². The standard InChI is InChI=1S/C12H20N4O8/c1-5(14-8(18)3-13)10(21)15-6(2-9(19)20)11(22)16-7(4-17)12(23)24/h5-7,17H,2-4,13H2,1H3,(H,14,18)(H,15,21)(H,16,22)(H,19,20)(H,23,24). The van der Waals surface area contributed by atoms with Crippen LogP contribution < -0.4 is 21.7 Å². The largest absolute Gasteiger partial charge is 0.481 e. The molecule has 0 fully saturated rings. The second-order valence-corrected chi connectivity index (χ2v) is 4.73. The van der Waals surface area contributed by atoms with Gasteiger partial charge in [-0.3, -0.25) is 19.2 Å². The molecule has 0 aromatic carbocycles. The Kier molecular flexibility index (Phi) is 8.97. The highest BCUT2D eigenvalue weighted by atomic mass is 16.4. The van der Waals surface area contributed by atoms with E-state index in [-0.39, 0.29) is 6.54 Å². The van der Waals surface area contributed by atoms with E-state index in [1.165, 1.54) is 6.92 Å². The fraction of sp³-hybridized carbons (Fsp3) is 0.583. The summed E-state index contributed by atoms with van der Waals surface area (Å²) >= 11 is 0. The van der Waals surface area contributed by atoms with Crippen molar-refractivity contribution in [2.75, 3.05) is 13.2 Å². The Bertz CT molecular complexity index is 509. The summed E-state index contributed by atoms with van der Waals surface area (Å²) in [7, 11) is 0. The highest BCUT2D eigenvalue weighted by Crippen LogP contribution is 1.97. The number of amides is 3. The molecule has 0 rings (SSSR count). The summed E-state index contributed by atoms with van der Waals surface area (Å²) < 4.78 is 0. The van der Waals surface area contributed by atoms with Gasteiger partial charge < -0.3 is 37.0 Å². The van der Waals surface area contributed by atoms with E-state index in [4.69, 9.17) is 21.1 Å². The predicted molar refractivity (Wildman–Crippen MR) is 77.5 cm³/mol. The van der Waals surface area contributed by atoms with Gasteiger partial charge in [0.25, 0.3) is 0 Å². The van der Waals surface area contributed by atoms with Crippen LogP contribution in [-0.4, -0.2) is 76.3 Å². The number of carbonyl (C=O) groups is 5. The lowest BCUT2D eigenvalue weighted by Gasteiger charge is -2.21. The van der Waals surface area contributed by atoms with Crippen LogP contribution in [0.2, 0.25) is 0 Å². The summed E-state index contributed by atoms with van der Waals surface area (Å²) in [6.07, 6.45) is -0.826. The van der Waals surface area contributed by atoms with Gasteiger partial charge in [-0.1, -0.05) is 0 Å². The highest BCUT2D eigenvalue weighted by molar-refractivity contribution is 5.95. The molecule has 0 radical (unpaired) electrons. The molecule has 0 bridgehead atoms. The third kappa shape index (κ3) is 7.51. The third-order valence-corrected chi connectivity index (χ3v) is 2.77. The predicted octanol–water partition coefficient (Wildman–Crippen LogP) is -4.03. The second-order valence-electron chi connectivity index (χ2n) is 4.73. The van der Waals surface area contributed by atoms with Crippen molar-refractivity contribution in [3.05, 3.63) is 0 Å². The molecule has 24 heavy (non-hydrogen) atoms. The Morgan fingerprint density at radius 2 is 1.50 bits per heavy atom. The number of aliphatic carboxylic acids is 2. The van der Waals surface area contributed by atoms with Crippen molar-refractivity contribution < 1.29 is 39.3 Å². The molecule has 0 aromatic rings. The van der Waals surface area contributed by atoms with Gasteiger partial charge in [0.1, 0.15) is 18.1 Å². The number of hydrogen-bond acceptors (Lipinski definition) is 7.